The van der Waals surface area contributed by atoms with Gasteiger partial charge < -0.3 is 15.2 Å². The summed E-state index contributed by atoms with van der Waals surface area (Å²) in [6.07, 6.45) is 0. The summed E-state index contributed by atoms with van der Waals surface area (Å²) < 4.78 is 11.8. The van der Waals surface area contributed by atoms with Crippen LogP contribution in [0.2, 0.25) is 0 Å². The molecule has 2 aromatic rings. The predicted octanol–water partition coefficient (Wildman–Crippen LogP) is 3.55. The van der Waals surface area contributed by atoms with Crippen LogP contribution in [0.4, 0.5) is 5.69 Å². The third-order valence-electron chi connectivity index (χ3n) is 2.44. The minimum atomic E-state index is 0.471. The number of hydrogen-bond donors (Lipinski definition) is 1. The van der Waals surface area contributed by atoms with Crippen molar-refractivity contribution in [3.63, 3.8) is 0 Å². The van der Waals surface area contributed by atoms with Crippen molar-refractivity contribution >= 4 is 28.3 Å². The molecule has 0 bridgehead atoms. The molecule has 0 aliphatic heterocycles. The quantitative estimate of drug-likeness (QED) is 0.667. The van der Waals surface area contributed by atoms with Crippen molar-refractivity contribution in [2.45, 2.75) is 0 Å². The van der Waals surface area contributed by atoms with Gasteiger partial charge in [0.05, 0.1) is 24.4 Å². The highest BCUT2D eigenvalue weighted by atomic mass is 127. The maximum atomic E-state index is 8.95. The molecule has 19 heavy (non-hydrogen) atoms. The molecule has 2 aromatic carbocycles. The molecule has 0 atom stereocenters. The maximum Gasteiger partial charge on any atom is 0.150 e. The summed E-state index contributed by atoms with van der Waals surface area (Å²) in [5, 5.41) is 8.95. The normalized spacial score (nSPS) is 9.74. The van der Waals surface area contributed by atoms with Gasteiger partial charge in [0.25, 0.3) is 0 Å². The number of rotatable bonds is 3. The number of benzene rings is 2. The molecule has 0 saturated heterocycles. The van der Waals surface area contributed by atoms with Crippen LogP contribution in [0.3, 0.4) is 0 Å². The second-order valence-electron chi connectivity index (χ2n) is 3.79. The summed E-state index contributed by atoms with van der Waals surface area (Å²) >= 11 is 2.18. The Labute approximate surface area is 124 Å². The second-order valence-corrected chi connectivity index (χ2v) is 5.04. The summed E-state index contributed by atoms with van der Waals surface area (Å²) in [5.74, 6) is 1.64. The van der Waals surface area contributed by atoms with E-state index in [1.165, 1.54) is 0 Å². The van der Waals surface area contributed by atoms with Gasteiger partial charge in [0.1, 0.15) is 17.2 Å². The number of nitriles is 1. The third-order valence-corrected chi connectivity index (χ3v) is 3.12. The number of anilines is 1. The minimum absolute atomic E-state index is 0.471. The molecule has 96 valence electrons. The van der Waals surface area contributed by atoms with E-state index in [0.717, 1.165) is 3.57 Å². The van der Waals surface area contributed by atoms with Crippen LogP contribution in [-0.4, -0.2) is 7.11 Å². The molecular weight excluding hydrogens is 355 g/mol. The Morgan fingerprint density at radius 2 is 1.89 bits per heavy atom. The predicted molar refractivity (Wildman–Crippen MR) is 81.4 cm³/mol. The van der Waals surface area contributed by atoms with Gasteiger partial charge in [0.15, 0.2) is 0 Å². The van der Waals surface area contributed by atoms with E-state index in [1.54, 1.807) is 31.4 Å². The van der Waals surface area contributed by atoms with Gasteiger partial charge in [-0.1, -0.05) is 0 Å². The zero-order valence-electron chi connectivity index (χ0n) is 10.2. The molecule has 0 aromatic heterocycles. The van der Waals surface area contributed by atoms with E-state index in [-0.39, 0.29) is 0 Å². The topological polar surface area (TPSA) is 68.3 Å². The van der Waals surface area contributed by atoms with Crippen LogP contribution < -0.4 is 15.2 Å². The van der Waals surface area contributed by atoms with Gasteiger partial charge >= 0.3 is 0 Å². The van der Waals surface area contributed by atoms with Crippen molar-refractivity contribution in [3.05, 3.63) is 45.5 Å². The highest BCUT2D eigenvalue weighted by Crippen LogP contribution is 2.31. The van der Waals surface area contributed by atoms with Crippen LogP contribution in [0.15, 0.2) is 36.4 Å². The van der Waals surface area contributed by atoms with Gasteiger partial charge in [-0.3, -0.25) is 0 Å². The Kier molecular flexibility index (Phi) is 4.12. The molecule has 0 unspecified atom stereocenters. The molecule has 0 fully saturated rings. The minimum Gasteiger partial charge on any atom is -0.497 e. The molecule has 0 heterocycles. The third kappa shape index (κ3) is 3.29. The Hall–Kier alpha value is -1.94. The van der Waals surface area contributed by atoms with E-state index in [2.05, 4.69) is 28.7 Å². The van der Waals surface area contributed by atoms with Crippen molar-refractivity contribution in [2.75, 3.05) is 12.8 Å². The van der Waals surface area contributed by atoms with Crippen LogP contribution in [0.5, 0.6) is 17.2 Å². The summed E-state index contributed by atoms with van der Waals surface area (Å²) in [6, 6.07) is 12.6. The first-order chi connectivity index (χ1) is 9.12. The lowest BCUT2D eigenvalue weighted by molar-refractivity contribution is 0.409. The zero-order chi connectivity index (χ0) is 13.8. The van der Waals surface area contributed by atoms with E-state index >= 15 is 0 Å². The van der Waals surface area contributed by atoms with E-state index in [9.17, 15) is 0 Å². The van der Waals surface area contributed by atoms with E-state index < -0.39 is 0 Å². The Balaban J connectivity index is 2.35. The number of hydrogen-bond acceptors (Lipinski definition) is 4. The van der Waals surface area contributed by atoms with Crippen LogP contribution in [0.1, 0.15) is 5.56 Å². The first-order valence-corrected chi connectivity index (χ1v) is 6.52. The van der Waals surface area contributed by atoms with Crippen molar-refractivity contribution < 1.29 is 9.47 Å². The number of methoxy groups -OCH3 is 1. The lowest BCUT2D eigenvalue weighted by Crippen LogP contribution is -1.94. The lowest BCUT2D eigenvalue weighted by Gasteiger charge is -2.10. The van der Waals surface area contributed by atoms with E-state index in [0.29, 0.717) is 28.5 Å². The number of ether oxygens (including phenoxy) is 2. The molecule has 5 heteroatoms. The molecule has 0 aliphatic carbocycles. The standard InChI is InChI=1S/C14H11IN2O2/c1-18-11-4-9(8-16)5-12(7-11)19-14-3-2-10(15)6-13(14)17/h2-7H,17H2,1H3. The number of nitrogens with two attached hydrogens (primary N) is 1. The summed E-state index contributed by atoms with van der Waals surface area (Å²) in [5.41, 5.74) is 6.90. The largest absolute Gasteiger partial charge is 0.497 e. The molecule has 0 aliphatic rings. The van der Waals surface area contributed by atoms with Gasteiger partial charge in [-0.2, -0.15) is 5.26 Å². The summed E-state index contributed by atoms with van der Waals surface area (Å²) in [6.45, 7) is 0. The van der Waals surface area contributed by atoms with Gasteiger partial charge in [-0.05, 0) is 52.9 Å². The maximum absolute atomic E-state index is 8.95. The molecule has 0 saturated carbocycles. The van der Waals surface area contributed by atoms with Crippen molar-refractivity contribution in [1.82, 2.24) is 0 Å². The van der Waals surface area contributed by atoms with Crippen LogP contribution >= 0.6 is 22.6 Å². The Morgan fingerprint density at radius 1 is 1.16 bits per heavy atom. The number of nitrogens with zero attached hydrogens (tertiary/aromatic N) is 1. The Bertz CT molecular complexity index is 650. The summed E-state index contributed by atoms with van der Waals surface area (Å²) in [7, 11) is 1.54. The highest BCUT2D eigenvalue weighted by molar-refractivity contribution is 14.1. The Morgan fingerprint density at radius 3 is 2.53 bits per heavy atom. The molecule has 0 spiro atoms. The fraction of sp³-hybridized carbons (Fsp3) is 0.0714. The van der Waals surface area contributed by atoms with Gasteiger partial charge in [-0.25, -0.2) is 0 Å². The van der Waals surface area contributed by atoms with Crippen molar-refractivity contribution in [3.8, 4) is 23.3 Å². The molecule has 0 radical (unpaired) electrons. The van der Waals surface area contributed by atoms with E-state index in [1.807, 2.05) is 12.1 Å². The van der Waals surface area contributed by atoms with Gasteiger partial charge in [0, 0.05) is 9.64 Å². The van der Waals surface area contributed by atoms with Crippen molar-refractivity contribution in [2.24, 2.45) is 0 Å². The van der Waals surface area contributed by atoms with Crippen molar-refractivity contribution in [1.29, 1.82) is 5.26 Å². The average molecular weight is 366 g/mol. The monoisotopic (exact) mass is 366 g/mol. The zero-order valence-corrected chi connectivity index (χ0v) is 12.3. The lowest BCUT2D eigenvalue weighted by atomic mass is 10.2. The molecule has 4 nitrogen and oxygen atoms in total. The van der Waals surface area contributed by atoms with Gasteiger partial charge in [-0.15, -0.1) is 0 Å². The van der Waals surface area contributed by atoms with Crippen LogP contribution in [0, 0.1) is 14.9 Å². The molecule has 0 amide bonds. The smallest absolute Gasteiger partial charge is 0.150 e. The molecule has 2 rings (SSSR count). The van der Waals surface area contributed by atoms with Crippen LogP contribution in [-0.2, 0) is 0 Å². The fourth-order valence-corrected chi connectivity index (χ4v) is 2.07. The fourth-order valence-electron chi connectivity index (χ4n) is 1.55. The number of nitrogen functional groups attached to an aromatic ring is 1. The second kappa shape index (κ2) is 5.80. The molecule has 2 N–H and O–H groups in total. The van der Waals surface area contributed by atoms with Crippen LogP contribution in [0.25, 0.3) is 0 Å². The summed E-state index contributed by atoms with van der Waals surface area (Å²) in [4.78, 5) is 0. The first-order valence-electron chi connectivity index (χ1n) is 5.44. The molecular formula is C14H11IN2O2. The average Bonchev–Trinajstić information content (AvgIpc) is 2.41. The SMILES string of the molecule is COc1cc(C#N)cc(Oc2ccc(I)cc2N)c1. The van der Waals surface area contributed by atoms with Gasteiger partial charge in [0.2, 0.25) is 0 Å². The number of halogens is 1. The highest BCUT2D eigenvalue weighted by Gasteiger charge is 2.06. The van der Waals surface area contributed by atoms with E-state index in [4.69, 9.17) is 20.5 Å². The first kappa shape index (κ1) is 13.5.